The zero-order valence-electron chi connectivity index (χ0n) is 18.2. The maximum atomic E-state index is 13.0. The first-order chi connectivity index (χ1) is 15.1. The number of aromatic amines is 1. The maximum absolute atomic E-state index is 13.0. The number of anilines is 2. The fourth-order valence-electron chi connectivity index (χ4n) is 4.69. The number of hydrogen-bond acceptors (Lipinski definition) is 6. The summed E-state index contributed by atoms with van der Waals surface area (Å²) >= 11 is 0. The molecule has 0 unspecified atom stereocenters. The Morgan fingerprint density at radius 1 is 1.19 bits per heavy atom. The van der Waals surface area contributed by atoms with E-state index < -0.39 is 0 Å². The molecule has 0 amide bonds. The molecule has 8 nitrogen and oxygen atoms in total. The Kier molecular flexibility index (Phi) is 6.56. The molecule has 1 aromatic heterocycles. The van der Waals surface area contributed by atoms with Gasteiger partial charge in [0.1, 0.15) is 23.0 Å². The van der Waals surface area contributed by atoms with E-state index >= 15 is 0 Å². The lowest BCUT2D eigenvalue weighted by Gasteiger charge is -2.23. The second-order valence-electron chi connectivity index (χ2n) is 8.47. The number of nitrogens with two attached hydrogens (primary N) is 1. The molecule has 166 valence electrons. The number of rotatable bonds is 5. The minimum atomic E-state index is -0.278. The third kappa shape index (κ3) is 4.58. The monoisotopic (exact) mass is 425 g/mol. The van der Waals surface area contributed by atoms with Crippen LogP contribution in [0.5, 0.6) is 5.75 Å². The minimum Gasteiger partial charge on any atom is -0.507 e. The van der Waals surface area contributed by atoms with Gasteiger partial charge in [0.25, 0.3) is 5.56 Å². The van der Waals surface area contributed by atoms with Crippen molar-refractivity contribution >= 4 is 17.2 Å². The van der Waals surface area contributed by atoms with Gasteiger partial charge in [-0.05, 0) is 37.9 Å². The van der Waals surface area contributed by atoms with Crippen molar-refractivity contribution in [1.29, 1.82) is 0 Å². The van der Waals surface area contributed by atoms with E-state index in [2.05, 4.69) is 25.5 Å². The molecular formula is C23H33N6O2+. The Morgan fingerprint density at radius 2 is 2.00 bits per heavy atom. The normalized spacial score (nSPS) is 17.9. The first-order valence-electron chi connectivity index (χ1n) is 11.3. The van der Waals surface area contributed by atoms with Crippen LogP contribution in [0, 0.1) is 5.92 Å². The summed E-state index contributed by atoms with van der Waals surface area (Å²) in [7, 11) is 1.74. The van der Waals surface area contributed by atoms with E-state index in [1.165, 1.54) is 6.42 Å². The molecule has 2 aromatic rings. The summed E-state index contributed by atoms with van der Waals surface area (Å²) in [6.45, 7) is 3.76. The summed E-state index contributed by atoms with van der Waals surface area (Å²) in [5.41, 5.74) is 2.21. The summed E-state index contributed by atoms with van der Waals surface area (Å²) < 4.78 is 0. The SMILES string of the molecule is CNc1nc(-c2ccc(N3CCCNCC3)cc2O)[nH]c(=O)c1C(=[NH2+])C1CCCCC1. The highest BCUT2D eigenvalue weighted by atomic mass is 16.3. The standard InChI is InChI=1S/C23H32N6O2/c1-25-22-19(20(24)15-6-3-2-4-7-15)23(31)28-21(27-22)17-9-8-16(14-18(17)30)29-12-5-10-26-11-13-29/h8-9,14-15,24,26,30H,2-7,10-13H2,1H3,(H2,25,27,28,31)/p+1. The molecule has 1 saturated heterocycles. The molecule has 0 radical (unpaired) electrons. The smallest absolute Gasteiger partial charge is 0.267 e. The van der Waals surface area contributed by atoms with Gasteiger partial charge in [0, 0.05) is 44.4 Å². The van der Waals surface area contributed by atoms with Gasteiger partial charge in [-0.3, -0.25) is 10.2 Å². The zero-order valence-corrected chi connectivity index (χ0v) is 18.2. The zero-order chi connectivity index (χ0) is 21.8. The third-order valence-electron chi connectivity index (χ3n) is 6.43. The second kappa shape index (κ2) is 9.51. The van der Waals surface area contributed by atoms with Gasteiger partial charge in [0.15, 0.2) is 5.71 Å². The summed E-state index contributed by atoms with van der Waals surface area (Å²) in [4.78, 5) is 22.7. The third-order valence-corrected chi connectivity index (χ3v) is 6.43. The van der Waals surface area contributed by atoms with Crippen LogP contribution in [0.25, 0.3) is 11.4 Å². The van der Waals surface area contributed by atoms with Gasteiger partial charge in [0.2, 0.25) is 0 Å². The topological polar surface area (TPSA) is 119 Å². The molecule has 8 heteroatoms. The van der Waals surface area contributed by atoms with E-state index in [-0.39, 0.29) is 17.2 Å². The molecule has 2 fully saturated rings. The van der Waals surface area contributed by atoms with Crippen LogP contribution < -0.4 is 26.5 Å². The van der Waals surface area contributed by atoms with Gasteiger partial charge in [-0.15, -0.1) is 0 Å². The van der Waals surface area contributed by atoms with E-state index in [1.54, 1.807) is 13.1 Å². The molecule has 0 spiro atoms. The number of phenols is 1. The second-order valence-corrected chi connectivity index (χ2v) is 8.47. The Hall–Kier alpha value is -2.87. The summed E-state index contributed by atoms with van der Waals surface area (Å²) in [5.74, 6) is 1.09. The lowest BCUT2D eigenvalue weighted by atomic mass is 9.83. The Balaban J connectivity index is 1.64. The van der Waals surface area contributed by atoms with Crippen LogP contribution in [-0.2, 0) is 0 Å². The molecule has 1 aliphatic carbocycles. The lowest BCUT2D eigenvalue weighted by molar-refractivity contribution is -0.119. The van der Waals surface area contributed by atoms with Gasteiger partial charge in [-0.1, -0.05) is 19.3 Å². The molecule has 0 bridgehead atoms. The highest BCUT2D eigenvalue weighted by Gasteiger charge is 2.29. The van der Waals surface area contributed by atoms with E-state index in [0.717, 1.165) is 64.0 Å². The van der Waals surface area contributed by atoms with Gasteiger partial charge in [-0.2, -0.15) is 0 Å². The fraction of sp³-hybridized carbons (Fsp3) is 0.522. The number of nitrogens with zero attached hydrogens (tertiary/aromatic N) is 2. The molecule has 2 aliphatic rings. The number of aromatic nitrogens is 2. The molecular weight excluding hydrogens is 392 g/mol. The highest BCUT2D eigenvalue weighted by molar-refractivity contribution is 6.01. The average Bonchev–Trinajstić information content (AvgIpc) is 3.08. The van der Waals surface area contributed by atoms with Gasteiger partial charge < -0.3 is 25.6 Å². The van der Waals surface area contributed by atoms with Crippen LogP contribution in [0.4, 0.5) is 11.5 Å². The van der Waals surface area contributed by atoms with E-state index in [0.29, 0.717) is 28.5 Å². The van der Waals surface area contributed by atoms with E-state index in [4.69, 9.17) is 5.41 Å². The van der Waals surface area contributed by atoms with Crippen molar-refractivity contribution in [2.75, 3.05) is 43.4 Å². The average molecular weight is 426 g/mol. The van der Waals surface area contributed by atoms with E-state index in [9.17, 15) is 9.90 Å². The quantitative estimate of drug-likeness (QED) is 0.458. The van der Waals surface area contributed by atoms with Crippen LogP contribution in [-0.4, -0.2) is 54.0 Å². The van der Waals surface area contributed by atoms with Crippen molar-refractivity contribution in [2.24, 2.45) is 5.92 Å². The Bertz CT molecular complexity index is 988. The van der Waals surface area contributed by atoms with Crippen LogP contribution >= 0.6 is 0 Å². The Labute approximate surface area is 182 Å². The molecule has 2 heterocycles. The number of hydrogen-bond donors (Lipinski definition) is 5. The van der Waals surface area contributed by atoms with Crippen molar-refractivity contribution in [3.63, 3.8) is 0 Å². The summed E-state index contributed by atoms with van der Waals surface area (Å²) in [6, 6.07) is 5.53. The molecule has 1 aromatic carbocycles. The van der Waals surface area contributed by atoms with Gasteiger partial charge in [0.05, 0.1) is 5.56 Å². The Morgan fingerprint density at radius 3 is 2.74 bits per heavy atom. The predicted octanol–water partition coefficient (Wildman–Crippen LogP) is 1.11. The highest BCUT2D eigenvalue weighted by Crippen LogP contribution is 2.32. The fourth-order valence-corrected chi connectivity index (χ4v) is 4.69. The number of phenolic OH excluding ortho intramolecular Hbond substituents is 1. The molecule has 1 saturated carbocycles. The molecule has 0 atom stereocenters. The van der Waals surface area contributed by atoms with Crippen molar-refractivity contribution in [2.45, 2.75) is 38.5 Å². The van der Waals surface area contributed by atoms with Crippen molar-refractivity contribution in [3.05, 3.63) is 34.1 Å². The number of aromatic hydroxyl groups is 1. The molecule has 4 rings (SSSR count). The van der Waals surface area contributed by atoms with Gasteiger partial charge in [-0.25, -0.2) is 4.98 Å². The van der Waals surface area contributed by atoms with Crippen LogP contribution in [0.3, 0.4) is 0 Å². The number of benzene rings is 1. The van der Waals surface area contributed by atoms with E-state index in [1.807, 2.05) is 12.1 Å². The molecule has 6 N–H and O–H groups in total. The van der Waals surface area contributed by atoms with Crippen molar-refractivity contribution in [3.8, 4) is 17.1 Å². The largest absolute Gasteiger partial charge is 0.507 e. The number of nitrogens with one attached hydrogen (secondary N) is 3. The van der Waals surface area contributed by atoms with Crippen molar-refractivity contribution in [1.82, 2.24) is 15.3 Å². The summed E-state index contributed by atoms with van der Waals surface area (Å²) in [6.07, 6.45) is 6.56. The van der Waals surface area contributed by atoms with Crippen LogP contribution in [0.2, 0.25) is 0 Å². The summed E-state index contributed by atoms with van der Waals surface area (Å²) in [5, 5.41) is 23.6. The first-order valence-corrected chi connectivity index (χ1v) is 11.3. The van der Waals surface area contributed by atoms with Crippen LogP contribution in [0.15, 0.2) is 23.0 Å². The van der Waals surface area contributed by atoms with Crippen molar-refractivity contribution < 1.29 is 10.5 Å². The predicted molar refractivity (Wildman–Crippen MR) is 124 cm³/mol. The minimum absolute atomic E-state index is 0.0943. The maximum Gasteiger partial charge on any atom is 0.267 e. The molecule has 1 aliphatic heterocycles. The molecule has 31 heavy (non-hydrogen) atoms. The number of H-pyrrole nitrogens is 1. The van der Waals surface area contributed by atoms with Crippen LogP contribution in [0.1, 0.15) is 44.1 Å². The first kappa shape index (κ1) is 21.4. The lowest BCUT2D eigenvalue weighted by Crippen LogP contribution is -2.48. The van der Waals surface area contributed by atoms with Gasteiger partial charge >= 0.3 is 0 Å².